The highest BCUT2D eigenvalue weighted by Gasteiger charge is 2.44. The van der Waals surface area contributed by atoms with Crippen LogP contribution in [0, 0.1) is 0 Å². The van der Waals surface area contributed by atoms with Gasteiger partial charge in [0.25, 0.3) is 0 Å². The van der Waals surface area contributed by atoms with Crippen LogP contribution in [0.4, 0.5) is 10.5 Å². The van der Waals surface area contributed by atoms with Crippen LogP contribution < -0.4 is 20.7 Å². The highest BCUT2D eigenvalue weighted by atomic mass is 35.5. The van der Waals surface area contributed by atoms with Crippen molar-refractivity contribution in [2.75, 3.05) is 19.0 Å². The number of piperidine rings is 1. The van der Waals surface area contributed by atoms with E-state index in [0.717, 1.165) is 5.56 Å². The second-order valence-corrected chi connectivity index (χ2v) is 8.42. The minimum absolute atomic E-state index is 0.0920. The van der Waals surface area contributed by atoms with Crippen molar-refractivity contribution in [1.29, 1.82) is 0 Å². The average molecular weight is 457 g/mol. The van der Waals surface area contributed by atoms with Gasteiger partial charge >= 0.3 is 6.03 Å². The van der Waals surface area contributed by atoms with E-state index in [2.05, 4.69) is 16.0 Å². The van der Waals surface area contributed by atoms with Crippen LogP contribution in [0.2, 0.25) is 5.02 Å². The van der Waals surface area contributed by atoms with E-state index in [9.17, 15) is 14.4 Å². The Balaban J connectivity index is 1.33. The minimum atomic E-state index is -0.595. The number of anilines is 1. The largest absolute Gasteiger partial charge is 0.497 e. The van der Waals surface area contributed by atoms with Gasteiger partial charge in [0.05, 0.1) is 7.11 Å². The molecule has 0 aromatic heterocycles. The molecule has 2 aliphatic rings. The Hall–Kier alpha value is -3.26. The molecule has 0 radical (unpaired) electrons. The molecule has 2 heterocycles. The molecule has 2 fully saturated rings. The standard InChI is InChI=1S/C23H25ClN4O4/c1-32-18-8-6-16(7-9-18)25-23(31)26-17-10-11-28-20(13-17)21(29)27-19(22(28)30)12-14-2-4-15(24)5-3-14/h2-9,17,19-20H,10-13H2,1H3,(H,27,29)(H2,25,26,31)/t17-,19-,20+/m1/s1. The number of halogens is 1. The van der Waals surface area contributed by atoms with E-state index in [1.54, 1.807) is 48.4 Å². The number of nitrogens with zero attached hydrogens (tertiary/aromatic N) is 1. The molecule has 0 unspecified atom stereocenters. The predicted octanol–water partition coefficient (Wildman–Crippen LogP) is 2.57. The molecule has 0 saturated carbocycles. The fourth-order valence-electron chi connectivity index (χ4n) is 4.16. The highest BCUT2D eigenvalue weighted by Crippen LogP contribution is 2.24. The van der Waals surface area contributed by atoms with Crippen molar-refractivity contribution in [3.8, 4) is 5.75 Å². The summed E-state index contributed by atoms with van der Waals surface area (Å²) < 4.78 is 5.11. The van der Waals surface area contributed by atoms with Gasteiger partial charge in [0, 0.05) is 29.7 Å². The number of amides is 4. The summed E-state index contributed by atoms with van der Waals surface area (Å²) >= 11 is 5.92. The summed E-state index contributed by atoms with van der Waals surface area (Å²) in [6, 6.07) is 12.5. The Morgan fingerprint density at radius 1 is 1.16 bits per heavy atom. The molecule has 8 nitrogen and oxygen atoms in total. The molecule has 3 N–H and O–H groups in total. The number of urea groups is 1. The zero-order valence-corrected chi connectivity index (χ0v) is 18.4. The lowest BCUT2D eigenvalue weighted by Crippen LogP contribution is -2.67. The van der Waals surface area contributed by atoms with E-state index in [4.69, 9.17) is 16.3 Å². The first-order chi connectivity index (χ1) is 15.4. The summed E-state index contributed by atoms with van der Waals surface area (Å²) in [5, 5.41) is 9.16. The second-order valence-electron chi connectivity index (χ2n) is 7.99. The summed E-state index contributed by atoms with van der Waals surface area (Å²) in [6.07, 6.45) is 1.37. The molecule has 4 rings (SSSR count). The number of fused-ring (bicyclic) bond motifs is 1. The van der Waals surface area contributed by atoms with E-state index in [1.807, 2.05) is 12.1 Å². The quantitative estimate of drug-likeness (QED) is 0.643. The van der Waals surface area contributed by atoms with E-state index in [1.165, 1.54) is 0 Å². The Morgan fingerprint density at radius 2 is 1.88 bits per heavy atom. The topological polar surface area (TPSA) is 99.8 Å². The van der Waals surface area contributed by atoms with Gasteiger partial charge in [0.2, 0.25) is 11.8 Å². The molecule has 2 aromatic rings. The summed E-state index contributed by atoms with van der Waals surface area (Å²) in [6.45, 7) is 0.418. The Kier molecular flexibility index (Phi) is 6.50. The number of hydrogen-bond donors (Lipinski definition) is 3. The first-order valence-corrected chi connectivity index (χ1v) is 10.9. The Morgan fingerprint density at radius 3 is 2.56 bits per heavy atom. The molecular formula is C23H25ClN4O4. The van der Waals surface area contributed by atoms with Crippen LogP contribution in [-0.4, -0.2) is 54.5 Å². The molecule has 168 valence electrons. The van der Waals surface area contributed by atoms with Crippen LogP contribution in [0.15, 0.2) is 48.5 Å². The summed E-state index contributed by atoms with van der Waals surface area (Å²) in [5.74, 6) is 0.419. The SMILES string of the molecule is COc1ccc(NC(=O)N[C@@H]2CCN3C(=O)[C@@H](Cc4ccc(Cl)cc4)NC(=O)[C@@H]3C2)cc1. The third kappa shape index (κ3) is 4.96. The third-order valence-electron chi connectivity index (χ3n) is 5.84. The number of piperazine rings is 1. The first kappa shape index (κ1) is 22.0. The molecule has 32 heavy (non-hydrogen) atoms. The number of benzene rings is 2. The van der Waals surface area contributed by atoms with Crippen molar-refractivity contribution < 1.29 is 19.1 Å². The van der Waals surface area contributed by atoms with Gasteiger partial charge in [0.1, 0.15) is 17.8 Å². The van der Waals surface area contributed by atoms with Gasteiger partial charge in [-0.05, 0) is 54.8 Å². The maximum absolute atomic E-state index is 13.0. The third-order valence-corrected chi connectivity index (χ3v) is 6.09. The first-order valence-electron chi connectivity index (χ1n) is 10.5. The Labute approximate surface area is 191 Å². The van der Waals surface area contributed by atoms with Gasteiger partial charge < -0.3 is 25.6 Å². The number of rotatable bonds is 5. The van der Waals surface area contributed by atoms with Crippen LogP contribution in [0.1, 0.15) is 18.4 Å². The van der Waals surface area contributed by atoms with Crippen molar-refractivity contribution in [1.82, 2.24) is 15.5 Å². The van der Waals surface area contributed by atoms with Gasteiger partial charge in [-0.3, -0.25) is 9.59 Å². The van der Waals surface area contributed by atoms with Crippen molar-refractivity contribution in [3.63, 3.8) is 0 Å². The van der Waals surface area contributed by atoms with Crippen molar-refractivity contribution in [2.45, 2.75) is 37.4 Å². The molecule has 0 spiro atoms. The van der Waals surface area contributed by atoms with Crippen LogP contribution >= 0.6 is 11.6 Å². The van der Waals surface area contributed by atoms with Crippen molar-refractivity contribution >= 4 is 35.1 Å². The maximum Gasteiger partial charge on any atom is 0.319 e. The highest BCUT2D eigenvalue weighted by molar-refractivity contribution is 6.30. The summed E-state index contributed by atoms with van der Waals surface area (Å²) in [5.41, 5.74) is 1.56. The zero-order chi connectivity index (χ0) is 22.7. The molecule has 0 bridgehead atoms. The maximum atomic E-state index is 13.0. The molecule has 0 aliphatic carbocycles. The fourth-order valence-corrected chi connectivity index (χ4v) is 4.29. The number of carbonyl (C=O) groups is 3. The second kappa shape index (κ2) is 9.48. The zero-order valence-electron chi connectivity index (χ0n) is 17.6. The fraction of sp³-hybridized carbons (Fsp3) is 0.348. The molecule has 2 aromatic carbocycles. The van der Waals surface area contributed by atoms with Gasteiger partial charge in [-0.1, -0.05) is 23.7 Å². The van der Waals surface area contributed by atoms with Crippen LogP contribution in [0.3, 0.4) is 0 Å². The molecule has 4 amide bonds. The van der Waals surface area contributed by atoms with Gasteiger partial charge in [-0.15, -0.1) is 0 Å². The number of carbonyl (C=O) groups excluding carboxylic acids is 3. The van der Waals surface area contributed by atoms with Gasteiger partial charge in [0.15, 0.2) is 0 Å². The van der Waals surface area contributed by atoms with Crippen molar-refractivity contribution in [3.05, 3.63) is 59.1 Å². The molecule has 2 saturated heterocycles. The lowest BCUT2D eigenvalue weighted by atomic mass is 9.91. The molecule has 3 atom stereocenters. The summed E-state index contributed by atoms with van der Waals surface area (Å²) in [7, 11) is 1.58. The predicted molar refractivity (Wildman–Crippen MR) is 121 cm³/mol. The van der Waals surface area contributed by atoms with Crippen LogP contribution in [0.25, 0.3) is 0 Å². The molecular weight excluding hydrogens is 432 g/mol. The van der Waals surface area contributed by atoms with Crippen molar-refractivity contribution in [2.24, 2.45) is 0 Å². The normalized spacial score (nSPS) is 22.6. The lowest BCUT2D eigenvalue weighted by Gasteiger charge is -2.44. The van der Waals surface area contributed by atoms with Crippen LogP contribution in [0.5, 0.6) is 5.75 Å². The van der Waals surface area contributed by atoms with E-state index in [-0.39, 0.29) is 23.9 Å². The van der Waals surface area contributed by atoms with Gasteiger partial charge in [-0.25, -0.2) is 4.79 Å². The summed E-state index contributed by atoms with van der Waals surface area (Å²) in [4.78, 5) is 39.7. The smallest absolute Gasteiger partial charge is 0.319 e. The monoisotopic (exact) mass is 456 g/mol. The van der Waals surface area contributed by atoms with Crippen LogP contribution in [-0.2, 0) is 16.0 Å². The Bertz CT molecular complexity index is 996. The number of ether oxygens (including phenoxy) is 1. The molecule has 2 aliphatic heterocycles. The average Bonchev–Trinajstić information content (AvgIpc) is 2.79. The van der Waals surface area contributed by atoms with E-state index >= 15 is 0 Å². The number of hydrogen-bond acceptors (Lipinski definition) is 4. The minimum Gasteiger partial charge on any atom is -0.497 e. The number of nitrogens with one attached hydrogen (secondary N) is 3. The van der Waals surface area contributed by atoms with E-state index < -0.39 is 12.1 Å². The van der Waals surface area contributed by atoms with E-state index in [0.29, 0.717) is 42.3 Å². The molecule has 9 heteroatoms. The van der Waals surface area contributed by atoms with Gasteiger partial charge in [-0.2, -0.15) is 0 Å². The lowest BCUT2D eigenvalue weighted by molar-refractivity contribution is -0.151. The number of methoxy groups -OCH3 is 1.